The molecule has 1 heterocycles. The fraction of sp³-hybridized carbons (Fsp3) is 0.632. The van der Waals surface area contributed by atoms with Crippen molar-refractivity contribution in [2.24, 2.45) is 0 Å². The molecule has 1 aliphatic rings. The molecule has 152 valence electrons. The molecule has 1 saturated heterocycles. The summed E-state index contributed by atoms with van der Waals surface area (Å²) < 4.78 is 33.2. The maximum absolute atomic E-state index is 12.9. The first-order valence-electron chi connectivity index (χ1n) is 9.25. The number of methoxy groups -OCH3 is 1. The van der Waals surface area contributed by atoms with Gasteiger partial charge in [-0.15, -0.1) is 0 Å². The standard InChI is InChI=1S/C19H30N2O4S2/c1-19(2,3)26-13-10-20-27(23,24)15-8-9-17(25-4)16(14-15)18(22)21-11-6-5-7-12-21/h8-9,14,20H,5-7,10-13H2,1-4H3. The lowest BCUT2D eigenvalue weighted by Crippen LogP contribution is -2.36. The van der Waals surface area contributed by atoms with Crippen molar-refractivity contribution in [2.45, 2.75) is 49.7 Å². The third-order valence-corrected chi connectivity index (χ3v) is 7.02. The summed E-state index contributed by atoms with van der Waals surface area (Å²) >= 11 is 1.69. The number of hydrogen-bond donors (Lipinski definition) is 1. The Morgan fingerprint density at radius 2 is 1.89 bits per heavy atom. The van der Waals surface area contributed by atoms with Crippen LogP contribution in [0, 0.1) is 0 Å². The van der Waals surface area contributed by atoms with Crippen LogP contribution in [-0.4, -0.2) is 56.5 Å². The number of rotatable bonds is 7. The van der Waals surface area contributed by atoms with E-state index in [0.29, 0.717) is 36.7 Å². The van der Waals surface area contributed by atoms with Crippen molar-refractivity contribution < 1.29 is 17.9 Å². The lowest BCUT2D eigenvalue weighted by Gasteiger charge is -2.27. The summed E-state index contributed by atoms with van der Waals surface area (Å²) in [6, 6.07) is 4.45. The summed E-state index contributed by atoms with van der Waals surface area (Å²) in [7, 11) is -2.19. The molecule has 1 aromatic carbocycles. The molecule has 2 rings (SSSR count). The number of thioether (sulfide) groups is 1. The Bertz CT molecular complexity index is 751. The van der Waals surface area contributed by atoms with Gasteiger partial charge < -0.3 is 9.64 Å². The molecule has 1 aliphatic heterocycles. The Morgan fingerprint density at radius 3 is 2.48 bits per heavy atom. The van der Waals surface area contributed by atoms with Gasteiger partial charge in [0.15, 0.2) is 0 Å². The monoisotopic (exact) mass is 414 g/mol. The highest BCUT2D eigenvalue weighted by Crippen LogP contribution is 2.26. The highest BCUT2D eigenvalue weighted by molar-refractivity contribution is 8.00. The molecule has 0 aliphatic carbocycles. The van der Waals surface area contributed by atoms with Crippen molar-refractivity contribution in [3.63, 3.8) is 0 Å². The van der Waals surface area contributed by atoms with E-state index < -0.39 is 10.0 Å². The molecule has 0 radical (unpaired) electrons. The van der Waals surface area contributed by atoms with Crippen molar-refractivity contribution in [1.29, 1.82) is 0 Å². The summed E-state index contributed by atoms with van der Waals surface area (Å²) in [5.41, 5.74) is 0.298. The summed E-state index contributed by atoms with van der Waals surface area (Å²) in [6.45, 7) is 8.00. The fourth-order valence-electron chi connectivity index (χ4n) is 2.91. The second-order valence-electron chi connectivity index (χ2n) is 7.57. The number of benzene rings is 1. The van der Waals surface area contributed by atoms with Crippen LogP contribution in [0.4, 0.5) is 0 Å². The third kappa shape index (κ3) is 6.40. The van der Waals surface area contributed by atoms with E-state index in [2.05, 4.69) is 25.5 Å². The van der Waals surface area contributed by atoms with Gasteiger partial charge in [0.05, 0.1) is 17.6 Å². The lowest BCUT2D eigenvalue weighted by molar-refractivity contribution is 0.0720. The van der Waals surface area contributed by atoms with Gasteiger partial charge in [-0.1, -0.05) is 20.8 Å². The molecule has 1 amide bonds. The van der Waals surface area contributed by atoms with Crippen LogP contribution < -0.4 is 9.46 Å². The van der Waals surface area contributed by atoms with Crippen LogP contribution in [0.5, 0.6) is 5.75 Å². The zero-order chi connectivity index (χ0) is 20.1. The first-order chi connectivity index (χ1) is 12.6. The molecule has 1 N–H and O–H groups in total. The van der Waals surface area contributed by atoms with Gasteiger partial charge in [0.2, 0.25) is 10.0 Å². The summed E-state index contributed by atoms with van der Waals surface area (Å²) in [6.07, 6.45) is 3.06. The molecule has 0 spiro atoms. The molecule has 0 aromatic heterocycles. The number of carbonyl (C=O) groups is 1. The summed E-state index contributed by atoms with van der Waals surface area (Å²) in [5, 5.41) is 0. The van der Waals surface area contributed by atoms with E-state index >= 15 is 0 Å². The third-order valence-electron chi connectivity index (χ3n) is 4.28. The fourth-order valence-corrected chi connectivity index (χ4v) is 4.91. The minimum Gasteiger partial charge on any atom is -0.496 e. The van der Waals surface area contributed by atoms with Crippen molar-refractivity contribution in [3.8, 4) is 5.75 Å². The molecule has 8 heteroatoms. The predicted molar refractivity (Wildman–Crippen MR) is 110 cm³/mol. The number of likely N-dealkylation sites (tertiary alicyclic amines) is 1. The second kappa shape index (κ2) is 9.30. The van der Waals surface area contributed by atoms with Crippen molar-refractivity contribution in [2.75, 3.05) is 32.5 Å². The first-order valence-corrected chi connectivity index (χ1v) is 11.7. The minimum atomic E-state index is -3.68. The molecular weight excluding hydrogens is 384 g/mol. The van der Waals surface area contributed by atoms with E-state index in [1.165, 1.54) is 19.2 Å². The predicted octanol–water partition coefficient (Wildman–Crippen LogP) is 3.13. The van der Waals surface area contributed by atoms with E-state index in [9.17, 15) is 13.2 Å². The molecular formula is C19H30N2O4S2. The van der Waals surface area contributed by atoms with E-state index in [0.717, 1.165) is 19.3 Å². The van der Waals surface area contributed by atoms with E-state index in [-0.39, 0.29) is 15.5 Å². The molecule has 0 bridgehead atoms. The molecule has 6 nitrogen and oxygen atoms in total. The number of hydrogen-bond acceptors (Lipinski definition) is 5. The topological polar surface area (TPSA) is 75.7 Å². The maximum Gasteiger partial charge on any atom is 0.257 e. The smallest absolute Gasteiger partial charge is 0.257 e. The Morgan fingerprint density at radius 1 is 1.22 bits per heavy atom. The Balaban J connectivity index is 2.16. The van der Waals surface area contributed by atoms with Crippen LogP contribution in [-0.2, 0) is 10.0 Å². The van der Waals surface area contributed by atoms with Gasteiger partial charge in [0, 0.05) is 30.1 Å². The van der Waals surface area contributed by atoms with Gasteiger partial charge in [-0.25, -0.2) is 13.1 Å². The zero-order valence-corrected chi connectivity index (χ0v) is 18.2. The molecule has 27 heavy (non-hydrogen) atoms. The molecule has 0 unspecified atom stereocenters. The van der Waals surface area contributed by atoms with E-state index in [1.54, 1.807) is 22.7 Å². The number of piperidine rings is 1. The molecule has 1 aromatic rings. The maximum atomic E-state index is 12.9. The number of sulfonamides is 1. The van der Waals surface area contributed by atoms with Gasteiger partial charge >= 0.3 is 0 Å². The van der Waals surface area contributed by atoms with Crippen LogP contribution in [0.2, 0.25) is 0 Å². The van der Waals surface area contributed by atoms with Gasteiger partial charge in [-0.2, -0.15) is 11.8 Å². The van der Waals surface area contributed by atoms with Gasteiger partial charge in [-0.3, -0.25) is 4.79 Å². The number of nitrogens with one attached hydrogen (secondary N) is 1. The van der Waals surface area contributed by atoms with Crippen molar-refractivity contribution in [1.82, 2.24) is 9.62 Å². The Labute approximate surface area is 167 Å². The molecule has 0 atom stereocenters. The van der Waals surface area contributed by atoms with Crippen LogP contribution >= 0.6 is 11.8 Å². The van der Waals surface area contributed by atoms with Crippen molar-refractivity contribution >= 4 is 27.7 Å². The Kier molecular flexibility index (Phi) is 7.59. The SMILES string of the molecule is COc1ccc(S(=O)(=O)NCCSC(C)(C)C)cc1C(=O)N1CCCCC1. The van der Waals surface area contributed by atoms with Crippen LogP contribution in [0.3, 0.4) is 0 Å². The van der Waals surface area contributed by atoms with Gasteiger partial charge in [0.1, 0.15) is 5.75 Å². The van der Waals surface area contributed by atoms with Crippen LogP contribution in [0.1, 0.15) is 50.4 Å². The average molecular weight is 415 g/mol. The highest BCUT2D eigenvalue weighted by Gasteiger charge is 2.24. The molecule has 1 fully saturated rings. The van der Waals surface area contributed by atoms with Gasteiger partial charge in [-0.05, 0) is 37.5 Å². The van der Waals surface area contributed by atoms with Crippen LogP contribution in [0.15, 0.2) is 23.1 Å². The number of nitrogens with zero attached hydrogens (tertiary/aromatic N) is 1. The quantitative estimate of drug-likeness (QED) is 0.694. The second-order valence-corrected chi connectivity index (χ2v) is 11.3. The summed E-state index contributed by atoms with van der Waals surface area (Å²) in [5.74, 6) is 0.901. The lowest BCUT2D eigenvalue weighted by atomic mass is 10.1. The van der Waals surface area contributed by atoms with Crippen molar-refractivity contribution in [3.05, 3.63) is 23.8 Å². The minimum absolute atomic E-state index is 0.0829. The van der Waals surface area contributed by atoms with E-state index in [4.69, 9.17) is 4.74 Å². The average Bonchev–Trinajstić information content (AvgIpc) is 2.64. The number of carbonyl (C=O) groups excluding carboxylic acids is 1. The molecule has 0 saturated carbocycles. The van der Waals surface area contributed by atoms with Gasteiger partial charge in [0.25, 0.3) is 5.91 Å². The largest absolute Gasteiger partial charge is 0.496 e. The van der Waals surface area contributed by atoms with Crippen LogP contribution in [0.25, 0.3) is 0 Å². The highest BCUT2D eigenvalue weighted by atomic mass is 32.2. The van der Waals surface area contributed by atoms with E-state index in [1.807, 2.05) is 0 Å². The number of ether oxygens (including phenoxy) is 1. The number of amides is 1. The normalized spacial score (nSPS) is 15.6. The summed E-state index contributed by atoms with van der Waals surface area (Å²) in [4.78, 5) is 14.7. The Hall–Kier alpha value is -1.25. The zero-order valence-electron chi connectivity index (χ0n) is 16.6. The first kappa shape index (κ1) is 22.0.